The van der Waals surface area contributed by atoms with Crippen LogP contribution in [0.25, 0.3) is 22.4 Å². The third-order valence-electron chi connectivity index (χ3n) is 5.03. The van der Waals surface area contributed by atoms with Gasteiger partial charge in [-0.3, -0.25) is 4.79 Å². The highest BCUT2D eigenvalue weighted by Crippen LogP contribution is 2.29. The Kier molecular flexibility index (Phi) is 6.32. The second kappa shape index (κ2) is 8.73. The summed E-state index contributed by atoms with van der Waals surface area (Å²) in [5, 5.41) is 13.8. The number of carboxylic acids is 1. The minimum absolute atomic E-state index is 0.0400. The maximum absolute atomic E-state index is 14.4. The van der Waals surface area contributed by atoms with Gasteiger partial charge in [-0.25, -0.2) is 19.3 Å². The molecule has 3 N–H and O–H groups in total. The molecule has 29 heavy (non-hydrogen) atoms. The minimum Gasteiger partial charge on any atom is -0.481 e. The quantitative estimate of drug-likeness (QED) is 0.486. The molecule has 0 saturated carbocycles. The predicted octanol–water partition coefficient (Wildman–Crippen LogP) is 4.75. The van der Waals surface area contributed by atoms with Gasteiger partial charge >= 0.3 is 5.97 Å². The van der Waals surface area contributed by atoms with E-state index >= 15 is 0 Å². The molecule has 0 aromatic carbocycles. The number of aromatic nitrogens is 4. The molecule has 7 nitrogen and oxygen atoms in total. The first-order chi connectivity index (χ1) is 13.8. The topological polar surface area (TPSA) is 104 Å². The van der Waals surface area contributed by atoms with E-state index in [0.717, 1.165) is 19.0 Å². The van der Waals surface area contributed by atoms with Crippen molar-refractivity contribution in [3.05, 3.63) is 35.5 Å². The number of hydrogen-bond donors (Lipinski definition) is 3. The zero-order valence-corrected chi connectivity index (χ0v) is 17.2. The van der Waals surface area contributed by atoms with Crippen molar-refractivity contribution < 1.29 is 14.3 Å². The fourth-order valence-corrected chi connectivity index (χ4v) is 3.81. The Morgan fingerprint density at radius 3 is 2.79 bits per heavy atom. The van der Waals surface area contributed by atoms with Crippen molar-refractivity contribution in [2.45, 2.75) is 39.7 Å². The molecule has 0 radical (unpaired) electrons. The molecule has 2 unspecified atom stereocenters. The van der Waals surface area contributed by atoms with Crippen LogP contribution in [0.3, 0.4) is 0 Å². The second-order valence-electron chi connectivity index (χ2n) is 7.21. The van der Waals surface area contributed by atoms with Gasteiger partial charge in [0.15, 0.2) is 17.5 Å². The van der Waals surface area contributed by atoms with E-state index in [4.69, 9.17) is 11.6 Å². The molecular weight excluding hydrogens is 397 g/mol. The third-order valence-corrected chi connectivity index (χ3v) is 5.23. The summed E-state index contributed by atoms with van der Waals surface area (Å²) in [6, 6.07) is 1.20. The average molecular weight is 420 g/mol. The molecule has 0 fully saturated rings. The Morgan fingerprint density at radius 2 is 2.10 bits per heavy atom. The molecule has 154 valence electrons. The highest BCUT2D eigenvalue weighted by molar-refractivity contribution is 6.31. The Hall–Kier alpha value is -2.74. The van der Waals surface area contributed by atoms with Crippen LogP contribution >= 0.6 is 11.6 Å². The standard InChI is InChI=1S/C20H23ClFN5O2/c1-4-5-10(2)16(20(28)29)11(3)26-19-15(22)9-25-18(27-19)14-8-24-17-13(14)6-12(21)7-23-17/h6-11,16H,4-5H2,1-3H3,(H,23,24)(H,28,29)(H,25,26,27)/t10-,11?,16?/m0/s1. The van der Waals surface area contributed by atoms with Crippen LogP contribution in [0.5, 0.6) is 0 Å². The molecule has 0 spiro atoms. The maximum atomic E-state index is 14.4. The van der Waals surface area contributed by atoms with Crippen LogP contribution in [0, 0.1) is 17.7 Å². The summed E-state index contributed by atoms with van der Waals surface area (Å²) in [5.74, 6) is -2.07. The SMILES string of the molecule is CCC[C@H](C)C(C(=O)O)C(C)Nc1nc(-c2c[nH]c3ncc(Cl)cc23)ncc1F. The van der Waals surface area contributed by atoms with Gasteiger partial charge in [0, 0.05) is 29.4 Å². The number of carboxylic acid groups (broad SMARTS) is 1. The van der Waals surface area contributed by atoms with Crippen LogP contribution in [0.15, 0.2) is 24.7 Å². The van der Waals surface area contributed by atoms with E-state index in [1.807, 2.05) is 13.8 Å². The van der Waals surface area contributed by atoms with E-state index in [9.17, 15) is 14.3 Å². The lowest BCUT2D eigenvalue weighted by Crippen LogP contribution is -2.37. The van der Waals surface area contributed by atoms with Gasteiger partial charge in [-0.05, 0) is 18.9 Å². The van der Waals surface area contributed by atoms with Crippen molar-refractivity contribution in [2.24, 2.45) is 11.8 Å². The predicted molar refractivity (Wildman–Crippen MR) is 110 cm³/mol. The van der Waals surface area contributed by atoms with Crippen molar-refractivity contribution >= 4 is 34.4 Å². The number of pyridine rings is 1. The van der Waals surface area contributed by atoms with E-state index in [0.29, 0.717) is 21.6 Å². The van der Waals surface area contributed by atoms with Gasteiger partial charge < -0.3 is 15.4 Å². The molecule has 0 aliphatic heterocycles. The van der Waals surface area contributed by atoms with Gasteiger partial charge in [0.05, 0.1) is 17.1 Å². The first-order valence-electron chi connectivity index (χ1n) is 9.46. The lowest BCUT2D eigenvalue weighted by atomic mass is 9.85. The lowest BCUT2D eigenvalue weighted by Gasteiger charge is -2.27. The van der Waals surface area contributed by atoms with Gasteiger partial charge in [0.1, 0.15) is 5.65 Å². The number of nitrogens with one attached hydrogen (secondary N) is 2. The summed E-state index contributed by atoms with van der Waals surface area (Å²) < 4.78 is 14.4. The number of aliphatic carboxylic acids is 1. The summed E-state index contributed by atoms with van der Waals surface area (Å²) in [7, 11) is 0. The lowest BCUT2D eigenvalue weighted by molar-refractivity contribution is -0.144. The third kappa shape index (κ3) is 4.48. The molecule has 0 amide bonds. The number of fused-ring (bicyclic) bond motifs is 1. The second-order valence-corrected chi connectivity index (χ2v) is 7.64. The van der Waals surface area contributed by atoms with Crippen molar-refractivity contribution in [1.29, 1.82) is 0 Å². The van der Waals surface area contributed by atoms with Crippen molar-refractivity contribution in [3.8, 4) is 11.4 Å². The van der Waals surface area contributed by atoms with E-state index in [1.54, 1.807) is 19.2 Å². The smallest absolute Gasteiger partial charge is 0.308 e. The summed E-state index contributed by atoms with van der Waals surface area (Å²) in [6.07, 6.45) is 5.91. The highest BCUT2D eigenvalue weighted by atomic mass is 35.5. The fourth-order valence-electron chi connectivity index (χ4n) is 3.65. The number of halogens is 2. The monoisotopic (exact) mass is 419 g/mol. The molecule has 0 bridgehead atoms. The molecule has 0 aliphatic rings. The molecule has 3 heterocycles. The number of anilines is 1. The molecule has 0 saturated heterocycles. The summed E-state index contributed by atoms with van der Waals surface area (Å²) in [4.78, 5) is 27.4. The number of aromatic amines is 1. The van der Waals surface area contributed by atoms with E-state index in [2.05, 4.69) is 25.3 Å². The summed E-state index contributed by atoms with van der Waals surface area (Å²) in [5.41, 5.74) is 1.24. The molecular formula is C20H23ClFN5O2. The van der Waals surface area contributed by atoms with E-state index in [1.165, 1.54) is 6.20 Å². The van der Waals surface area contributed by atoms with Crippen molar-refractivity contribution in [1.82, 2.24) is 19.9 Å². The molecule has 3 aromatic heterocycles. The van der Waals surface area contributed by atoms with Crippen LogP contribution in [-0.2, 0) is 4.79 Å². The summed E-state index contributed by atoms with van der Waals surface area (Å²) >= 11 is 6.03. The molecule has 3 aromatic rings. The highest BCUT2D eigenvalue weighted by Gasteiger charge is 2.31. The number of nitrogens with zero attached hydrogens (tertiary/aromatic N) is 3. The number of carbonyl (C=O) groups is 1. The molecule has 9 heteroatoms. The zero-order valence-electron chi connectivity index (χ0n) is 16.4. The first kappa shape index (κ1) is 21.0. The normalized spacial score (nSPS) is 14.5. The van der Waals surface area contributed by atoms with Crippen LogP contribution in [0.1, 0.15) is 33.6 Å². The Labute approximate surface area is 172 Å². The Bertz CT molecular complexity index is 1030. The average Bonchev–Trinajstić information content (AvgIpc) is 3.06. The molecule has 3 atom stereocenters. The van der Waals surface area contributed by atoms with Crippen LogP contribution < -0.4 is 5.32 Å². The van der Waals surface area contributed by atoms with Gasteiger partial charge in [-0.1, -0.05) is 38.3 Å². The van der Waals surface area contributed by atoms with Gasteiger partial charge in [-0.2, -0.15) is 0 Å². The largest absolute Gasteiger partial charge is 0.481 e. The Balaban J connectivity index is 1.92. The number of rotatable bonds is 8. The maximum Gasteiger partial charge on any atom is 0.308 e. The minimum atomic E-state index is -0.919. The van der Waals surface area contributed by atoms with Crippen molar-refractivity contribution in [3.63, 3.8) is 0 Å². The number of hydrogen-bond acceptors (Lipinski definition) is 5. The zero-order chi connectivity index (χ0) is 21.1. The van der Waals surface area contributed by atoms with Crippen molar-refractivity contribution in [2.75, 3.05) is 5.32 Å². The molecule has 3 rings (SSSR count). The molecule has 0 aliphatic carbocycles. The van der Waals surface area contributed by atoms with E-state index in [-0.39, 0.29) is 17.6 Å². The fraction of sp³-hybridized carbons (Fsp3) is 0.400. The Morgan fingerprint density at radius 1 is 1.34 bits per heavy atom. The van der Waals surface area contributed by atoms with Crippen LogP contribution in [-0.4, -0.2) is 37.1 Å². The van der Waals surface area contributed by atoms with E-state index < -0.39 is 23.7 Å². The number of H-pyrrole nitrogens is 1. The van der Waals surface area contributed by atoms with Crippen LogP contribution in [0.2, 0.25) is 5.02 Å². The van der Waals surface area contributed by atoms with Gasteiger partial charge in [-0.15, -0.1) is 0 Å². The first-order valence-corrected chi connectivity index (χ1v) is 9.84. The summed E-state index contributed by atoms with van der Waals surface area (Å²) in [6.45, 7) is 5.62. The van der Waals surface area contributed by atoms with Gasteiger partial charge in [0.2, 0.25) is 0 Å². The van der Waals surface area contributed by atoms with Gasteiger partial charge in [0.25, 0.3) is 0 Å². The van der Waals surface area contributed by atoms with Crippen LogP contribution in [0.4, 0.5) is 10.2 Å².